The minimum Gasteiger partial charge on any atom is -0.497 e. The Hall–Kier alpha value is -3.41. The highest BCUT2D eigenvalue weighted by atomic mass is 16.5. The van der Waals surface area contributed by atoms with Crippen LogP contribution in [0.1, 0.15) is 30.7 Å². The molecule has 0 bridgehead atoms. The normalized spacial score (nSPS) is 13.7. The number of rotatable bonds is 5. The Balaban J connectivity index is 1.42. The summed E-state index contributed by atoms with van der Waals surface area (Å²) >= 11 is 0. The highest BCUT2D eigenvalue weighted by molar-refractivity contribution is 6.02. The van der Waals surface area contributed by atoms with Crippen molar-refractivity contribution in [3.05, 3.63) is 66.0 Å². The zero-order chi connectivity index (χ0) is 20.1. The summed E-state index contributed by atoms with van der Waals surface area (Å²) in [4.78, 5) is 12.2. The first-order valence-corrected chi connectivity index (χ1v) is 9.88. The van der Waals surface area contributed by atoms with Crippen LogP contribution in [0.2, 0.25) is 0 Å². The number of hydrogen-bond donors (Lipinski definition) is 1. The monoisotopic (exact) mass is 388 g/mol. The number of aromatic nitrogens is 3. The van der Waals surface area contributed by atoms with Crippen LogP contribution < -0.4 is 10.1 Å². The van der Waals surface area contributed by atoms with Gasteiger partial charge in [0.15, 0.2) is 5.82 Å². The van der Waals surface area contributed by atoms with Crippen LogP contribution in [-0.2, 0) is 17.8 Å². The van der Waals surface area contributed by atoms with Crippen LogP contribution in [0.15, 0.2) is 54.6 Å². The molecule has 0 radical (unpaired) electrons. The van der Waals surface area contributed by atoms with Crippen LogP contribution in [0.4, 0.5) is 5.69 Å². The third-order valence-electron chi connectivity index (χ3n) is 5.04. The summed E-state index contributed by atoms with van der Waals surface area (Å²) in [7, 11) is 1.62. The lowest BCUT2D eigenvalue weighted by atomic mass is 10.2. The molecule has 2 aromatic carbocycles. The Bertz CT molecular complexity index is 1020. The van der Waals surface area contributed by atoms with Crippen LogP contribution in [0.3, 0.4) is 0 Å². The van der Waals surface area contributed by atoms with E-state index in [1.165, 1.54) is 18.9 Å². The van der Waals surface area contributed by atoms with Crippen molar-refractivity contribution >= 4 is 17.7 Å². The zero-order valence-corrected chi connectivity index (χ0v) is 16.5. The summed E-state index contributed by atoms with van der Waals surface area (Å²) in [5.74, 6) is 2.54. The lowest BCUT2D eigenvalue weighted by molar-refractivity contribution is -0.111. The number of ether oxygens (including phenoxy) is 1. The van der Waals surface area contributed by atoms with E-state index in [9.17, 15) is 4.79 Å². The molecule has 0 atom stereocenters. The largest absolute Gasteiger partial charge is 0.497 e. The van der Waals surface area contributed by atoms with Gasteiger partial charge in [-0.15, -0.1) is 10.2 Å². The summed E-state index contributed by atoms with van der Waals surface area (Å²) in [6, 6.07) is 15.3. The minimum absolute atomic E-state index is 0.183. The molecule has 0 fully saturated rings. The Kier molecular flexibility index (Phi) is 5.70. The third kappa shape index (κ3) is 4.54. The van der Waals surface area contributed by atoms with Gasteiger partial charge in [0.1, 0.15) is 11.6 Å². The maximum absolute atomic E-state index is 12.2. The van der Waals surface area contributed by atoms with Crippen molar-refractivity contribution in [1.82, 2.24) is 14.8 Å². The third-order valence-corrected chi connectivity index (χ3v) is 5.04. The molecule has 1 aliphatic heterocycles. The summed E-state index contributed by atoms with van der Waals surface area (Å²) in [6.45, 7) is 0.964. The summed E-state index contributed by atoms with van der Waals surface area (Å²) in [5, 5.41) is 11.6. The fourth-order valence-corrected chi connectivity index (χ4v) is 3.50. The van der Waals surface area contributed by atoms with Gasteiger partial charge in [0.2, 0.25) is 5.91 Å². The molecule has 0 saturated carbocycles. The maximum Gasteiger partial charge on any atom is 0.248 e. The lowest BCUT2D eigenvalue weighted by Crippen LogP contribution is -2.07. The van der Waals surface area contributed by atoms with E-state index >= 15 is 0 Å². The molecule has 1 aromatic heterocycles. The molecule has 0 spiro atoms. The second-order valence-corrected chi connectivity index (χ2v) is 7.08. The van der Waals surface area contributed by atoms with Crippen molar-refractivity contribution in [3.8, 4) is 17.1 Å². The number of carbonyl (C=O) groups is 1. The number of benzene rings is 2. The molecule has 0 aliphatic carbocycles. The first kappa shape index (κ1) is 18.9. The number of hydrogen-bond acceptors (Lipinski definition) is 4. The standard InChI is InChI=1S/C23H24N4O2/c1-29-20-7-5-6-17(16-20)9-14-22(28)24-19-12-10-18(11-13-19)23-26-25-21-8-3-2-4-15-27(21)23/h5-7,9-14,16H,2-4,8,15H2,1H3,(H,24,28)/b14-9-. The topological polar surface area (TPSA) is 69.0 Å². The Morgan fingerprint density at radius 2 is 1.97 bits per heavy atom. The SMILES string of the molecule is COc1cccc(/C=C\C(=O)Nc2ccc(-c3nnc4n3CCCCC4)cc2)c1. The fraction of sp³-hybridized carbons (Fsp3) is 0.261. The first-order valence-electron chi connectivity index (χ1n) is 9.88. The number of nitrogens with one attached hydrogen (secondary N) is 1. The van der Waals surface area contributed by atoms with Gasteiger partial charge in [-0.2, -0.15) is 0 Å². The molecule has 4 rings (SSSR count). The molecule has 0 saturated heterocycles. The van der Waals surface area contributed by atoms with Gasteiger partial charge in [-0.3, -0.25) is 4.79 Å². The molecular weight excluding hydrogens is 364 g/mol. The Morgan fingerprint density at radius 3 is 2.79 bits per heavy atom. The van der Waals surface area contributed by atoms with Gasteiger partial charge >= 0.3 is 0 Å². The van der Waals surface area contributed by atoms with E-state index in [2.05, 4.69) is 20.1 Å². The fourth-order valence-electron chi connectivity index (χ4n) is 3.50. The van der Waals surface area contributed by atoms with Gasteiger partial charge in [-0.25, -0.2) is 0 Å². The van der Waals surface area contributed by atoms with Crippen molar-refractivity contribution < 1.29 is 9.53 Å². The minimum atomic E-state index is -0.183. The number of nitrogens with zero attached hydrogens (tertiary/aromatic N) is 3. The maximum atomic E-state index is 12.2. The van der Waals surface area contributed by atoms with Crippen LogP contribution in [0.25, 0.3) is 17.5 Å². The number of aryl methyl sites for hydroxylation is 1. The predicted molar refractivity (Wildman–Crippen MR) is 114 cm³/mol. The zero-order valence-electron chi connectivity index (χ0n) is 16.5. The smallest absolute Gasteiger partial charge is 0.248 e. The quantitative estimate of drug-likeness (QED) is 0.661. The van der Waals surface area contributed by atoms with E-state index in [4.69, 9.17) is 4.74 Å². The summed E-state index contributed by atoms with van der Waals surface area (Å²) < 4.78 is 7.41. The van der Waals surface area contributed by atoms with Gasteiger partial charge in [-0.1, -0.05) is 18.6 Å². The number of fused-ring (bicyclic) bond motifs is 1. The summed E-state index contributed by atoms with van der Waals surface area (Å²) in [6.07, 6.45) is 7.83. The van der Waals surface area contributed by atoms with Gasteiger partial charge in [0.25, 0.3) is 0 Å². The average molecular weight is 388 g/mol. The number of anilines is 1. The van der Waals surface area contributed by atoms with Crippen LogP contribution >= 0.6 is 0 Å². The van der Waals surface area contributed by atoms with E-state index in [-0.39, 0.29) is 5.91 Å². The van der Waals surface area contributed by atoms with Crippen LogP contribution in [0.5, 0.6) is 5.75 Å². The van der Waals surface area contributed by atoms with Crippen LogP contribution in [0, 0.1) is 0 Å². The molecular formula is C23H24N4O2. The van der Waals surface area contributed by atoms with E-state index in [0.717, 1.165) is 53.6 Å². The van der Waals surface area contributed by atoms with E-state index in [1.807, 2.05) is 48.5 Å². The highest BCUT2D eigenvalue weighted by Crippen LogP contribution is 2.24. The van der Waals surface area contributed by atoms with Gasteiger partial charge in [0.05, 0.1) is 7.11 Å². The molecule has 3 aromatic rings. The lowest BCUT2D eigenvalue weighted by Gasteiger charge is -2.08. The predicted octanol–water partition coefficient (Wildman–Crippen LogP) is 4.33. The van der Waals surface area contributed by atoms with Gasteiger partial charge < -0.3 is 14.6 Å². The number of methoxy groups -OCH3 is 1. The molecule has 29 heavy (non-hydrogen) atoms. The van der Waals surface area contributed by atoms with Crippen molar-refractivity contribution in [2.45, 2.75) is 32.2 Å². The van der Waals surface area contributed by atoms with Crippen molar-refractivity contribution in [1.29, 1.82) is 0 Å². The second kappa shape index (κ2) is 8.73. The molecule has 148 valence electrons. The molecule has 1 aliphatic rings. The Labute approximate surface area is 170 Å². The van der Waals surface area contributed by atoms with Crippen LogP contribution in [-0.4, -0.2) is 27.8 Å². The number of carbonyl (C=O) groups excluding carboxylic acids is 1. The molecule has 0 unspecified atom stereocenters. The molecule has 2 heterocycles. The average Bonchev–Trinajstić information content (AvgIpc) is 3.01. The molecule has 6 heteroatoms. The van der Waals surface area contributed by atoms with E-state index < -0.39 is 0 Å². The van der Waals surface area contributed by atoms with Gasteiger partial charge in [-0.05, 0) is 60.9 Å². The second-order valence-electron chi connectivity index (χ2n) is 7.08. The van der Waals surface area contributed by atoms with Crippen molar-refractivity contribution in [2.75, 3.05) is 12.4 Å². The van der Waals surface area contributed by atoms with E-state index in [1.54, 1.807) is 13.2 Å². The van der Waals surface area contributed by atoms with Crippen molar-refractivity contribution in [2.24, 2.45) is 0 Å². The van der Waals surface area contributed by atoms with Crippen molar-refractivity contribution in [3.63, 3.8) is 0 Å². The van der Waals surface area contributed by atoms with Gasteiger partial charge in [0, 0.05) is 30.3 Å². The first-order chi connectivity index (χ1) is 14.2. The molecule has 1 N–H and O–H groups in total. The highest BCUT2D eigenvalue weighted by Gasteiger charge is 2.15. The summed E-state index contributed by atoms with van der Waals surface area (Å²) in [5.41, 5.74) is 2.66. The molecule has 1 amide bonds. The number of amides is 1. The Morgan fingerprint density at radius 1 is 1.10 bits per heavy atom. The molecule has 6 nitrogen and oxygen atoms in total. The van der Waals surface area contributed by atoms with E-state index in [0.29, 0.717) is 0 Å².